The van der Waals surface area contributed by atoms with Crippen LogP contribution in [0.4, 0.5) is 11.8 Å². The number of nitrogen functional groups attached to an aromatic ring is 1. The van der Waals surface area contributed by atoms with Crippen molar-refractivity contribution in [2.24, 2.45) is 5.84 Å². The second kappa shape index (κ2) is 6.64. The van der Waals surface area contributed by atoms with Gasteiger partial charge in [0.2, 0.25) is 11.9 Å². The van der Waals surface area contributed by atoms with Crippen LogP contribution < -0.4 is 21.5 Å². The summed E-state index contributed by atoms with van der Waals surface area (Å²) in [6, 6.07) is 1.75. The largest absolute Gasteiger partial charge is 0.358 e. The number of amides is 1. The number of nitrogens with one attached hydrogen (secondary N) is 2. The Morgan fingerprint density at radius 2 is 2.35 bits per heavy atom. The minimum absolute atomic E-state index is 0.0562. The van der Waals surface area contributed by atoms with E-state index in [1.807, 2.05) is 11.8 Å². The van der Waals surface area contributed by atoms with E-state index < -0.39 is 0 Å². The number of carbonyl (C=O) groups is 1. The van der Waals surface area contributed by atoms with Crippen molar-refractivity contribution in [2.75, 3.05) is 30.5 Å². The van der Waals surface area contributed by atoms with Gasteiger partial charge in [-0.1, -0.05) is 6.92 Å². The number of aromatic nitrogens is 2. The fraction of sp³-hybridized carbons (Fsp3) is 0.500. The summed E-state index contributed by atoms with van der Waals surface area (Å²) in [4.78, 5) is 21.4. The minimum Gasteiger partial charge on any atom is -0.358 e. The third kappa shape index (κ3) is 3.87. The van der Waals surface area contributed by atoms with Crippen LogP contribution in [0.2, 0.25) is 0 Å². The molecule has 4 N–H and O–H groups in total. The van der Waals surface area contributed by atoms with Gasteiger partial charge >= 0.3 is 0 Å². The van der Waals surface area contributed by atoms with Crippen molar-refractivity contribution >= 4 is 17.7 Å². The number of carbonyl (C=O) groups excluding carboxylic acids is 1. The van der Waals surface area contributed by atoms with Crippen LogP contribution in [0.3, 0.4) is 0 Å². The van der Waals surface area contributed by atoms with E-state index in [1.165, 1.54) is 0 Å². The molecule has 7 heteroatoms. The Labute approximate surface area is 100 Å². The Balaban J connectivity index is 2.84. The lowest BCUT2D eigenvalue weighted by Gasteiger charge is -2.22. The van der Waals surface area contributed by atoms with Crippen molar-refractivity contribution in [1.82, 2.24) is 15.3 Å². The lowest BCUT2D eigenvalue weighted by Crippen LogP contribution is -2.36. The van der Waals surface area contributed by atoms with E-state index in [9.17, 15) is 4.79 Å². The number of rotatable bonds is 6. The molecule has 0 radical (unpaired) electrons. The number of likely N-dealkylation sites (N-methyl/N-ethyl adjacent to an activating group) is 1. The number of hydrogen-bond donors (Lipinski definition) is 3. The molecule has 0 bridgehead atoms. The summed E-state index contributed by atoms with van der Waals surface area (Å²) in [5, 5.41) is 2.59. The number of hydrogen-bond acceptors (Lipinski definition) is 6. The van der Waals surface area contributed by atoms with Crippen molar-refractivity contribution < 1.29 is 4.79 Å². The highest BCUT2D eigenvalue weighted by Crippen LogP contribution is 2.11. The normalized spacial score (nSPS) is 9.82. The molecule has 0 atom stereocenters. The lowest BCUT2D eigenvalue weighted by molar-refractivity contribution is -0.119. The van der Waals surface area contributed by atoms with Crippen molar-refractivity contribution in [3.8, 4) is 0 Å². The van der Waals surface area contributed by atoms with Gasteiger partial charge in [0.1, 0.15) is 5.82 Å². The Morgan fingerprint density at radius 3 is 2.94 bits per heavy atom. The van der Waals surface area contributed by atoms with Gasteiger partial charge in [-0.3, -0.25) is 10.2 Å². The molecule has 94 valence electrons. The summed E-state index contributed by atoms with van der Waals surface area (Å²) in [5.74, 6) is 6.20. The summed E-state index contributed by atoms with van der Waals surface area (Å²) in [5.41, 5.74) is 2.38. The first kappa shape index (κ1) is 13.2. The summed E-state index contributed by atoms with van der Waals surface area (Å²) in [7, 11) is 1.61. The minimum atomic E-state index is -0.0562. The van der Waals surface area contributed by atoms with Crippen LogP contribution in [-0.2, 0) is 4.79 Å². The van der Waals surface area contributed by atoms with Gasteiger partial charge in [0.15, 0.2) is 0 Å². The van der Waals surface area contributed by atoms with Crippen molar-refractivity contribution in [3.63, 3.8) is 0 Å². The summed E-state index contributed by atoms with van der Waals surface area (Å²) >= 11 is 0. The van der Waals surface area contributed by atoms with Crippen LogP contribution in [0.25, 0.3) is 0 Å². The van der Waals surface area contributed by atoms with Crippen molar-refractivity contribution in [2.45, 2.75) is 13.3 Å². The van der Waals surface area contributed by atoms with Gasteiger partial charge in [-0.25, -0.2) is 10.8 Å². The fourth-order valence-electron chi connectivity index (χ4n) is 1.39. The average molecular weight is 238 g/mol. The van der Waals surface area contributed by atoms with Gasteiger partial charge in [0.05, 0.1) is 6.54 Å². The van der Waals surface area contributed by atoms with E-state index in [4.69, 9.17) is 5.84 Å². The molecular weight excluding hydrogens is 220 g/mol. The first-order valence-corrected chi connectivity index (χ1v) is 5.46. The zero-order chi connectivity index (χ0) is 12.7. The van der Waals surface area contributed by atoms with Crippen LogP contribution in [0.5, 0.6) is 0 Å². The second-order valence-electron chi connectivity index (χ2n) is 3.48. The molecule has 0 unspecified atom stereocenters. The van der Waals surface area contributed by atoms with Crippen LogP contribution in [0.1, 0.15) is 13.3 Å². The topological polar surface area (TPSA) is 96.2 Å². The zero-order valence-electron chi connectivity index (χ0n) is 10.1. The molecule has 1 amide bonds. The number of anilines is 2. The van der Waals surface area contributed by atoms with Gasteiger partial charge < -0.3 is 10.2 Å². The average Bonchev–Trinajstić information content (AvgIpc) is 2.38. The van der Waals surface area contributed by atoms with E-state index in [0.717, 1.165) is 13.0 Å². The van der Waals surface area contributed by atoms with Gasteiger partial charge in [-0.2, -0.15) is 4.98 Å². The van der Waals surface area contributed by atoms with Crippen molar-refractivity contribution in [3.05, 3.63) is 12.3 Å². The molecule has 1 aromatic heterocycles. The number of hydrazine groups is 1. The maximum atomic E-state index is 11.4. The molecule has 1 heterocycles. The summed E-state index contributed by atoms with van der Waals surface area (Å²) < 4.78 is 0. The fourth-order valence-corrected chi connectivity index (χ4v) is 1.39. The SMILES string of the molecule is CCCN(CC(=O)NC)c1ccnc(NN)n1. The molecule has 0 saturated carbocycles. The molecule has 17 heavy (non-hydrogen) atoms. The lowest BCUT2D eigenvalue weighted by atomic mass is 10.3. The monoisotopic (exact) mass is 238 g/mol. The first-order chi connectivity index (χ1) is 8.21. The molecule has 0 saturated heterocycles. The summed E-state index contributed by atoms with van der Waals surface area (Å²) in [6.45, 7) is 3.06. The van der Waals surface area contributed by atoms with Crippen LogP contribution in [0, 0.1) is 0 Å². The Kier molecular flexibility index (Phi) is 5.15. The van der Waals surface area contributed by atoms with E-state index >= 15 is 0 Å². The smallest absolute Gasteiger partial charge is 0.239 e. The predicted octanol–water partition coefficient (Wildman–Crippen LogP) is -0.275. The second-order valence-corrected chi connectivity index (χ2v) is 3.48. The number of nitrogens with two attached hydrogens (primary N) is 1. The molecular formula is C10H18N6O. The Hall–Kier alpha value is -1.89. The first-order valence-electron chi connectivity index (χ1n) is 5.46. The Bertz CT molecular complexity index is 370. The quantitative estimate of drug-likeness (QED) is 0.466. The molecule has 0 aromatic carbocycles. The number of nitrogens with zero attached hydrogens (tertiary/aromatic N) is 3. The molecule has 1 aromatic rings. The highest BCUT2D eigenvalue weighted by atomic mass is 16.1. The van der Waals surface area contributed by atoms with Crippen molar-refractivity contribution in [1.29, 1.82) is 0 Å². The molecule has 0 spiro atoms. The van der Waals surface area contributed by atoms with Crippen LogP contribution in [-0.4, -0.2) is 36.0 Å². The van der Waals surface area contributed by atoms with E-state index in [1.54, 1.807) is 19.3 Å². The van der Waals surface area contributed by atoms with E-state index in [0.29, 0.717) is 11.8 Å². The maximum absolute atomic E-state index is 11.4. The maximum Gasteiger partial charge on any atom is 0.239 e. The molecule has 0 aliphatic rings. The van der Waals surface area contributed by atoms with Gasteiger partial charge in [-0.05, 0) is 12.5 Å². The van der Waals surface area contributed by atoms with E-state index in [2.05, 4.69) is 20.7 Å². The molecule has 1 rings (SSSR count). The van der Waals surface area contributed by atoms with Crippen LogP contribution >= 0.6 is 0 Å². The zero-order valence-corrected chi connectivity index (χ0v) is 10.1. The van der Waals surface area contributed by atoms with Crippen LogP contribution in [0.15, 0.2) is 12.3 Å². The molecule has 0 fully saturated rings. The third-order valence-electron chi connectivity index (χ3n) is 2.20. The third-order valence-corrected chi connectivity index (χ3v) is 2.20. The highest BCUT2D eigenvalue weighted by Gasteiger charge is 2.11. The van der Waals surface area contributed by atoms with Gasteiger partial charge in [-0.15, -0.1) is 0 Å². The molecule has 7 nitrogen and oxygen atoms in total. The van der Waals surface area contributed by atoms with Gasteiger partial charge in [0.25, 0.3) is 0 Å². The summed E-state index contributed by atoms with van der Waals surface area (Å²) in [6.07, 6.45) is 2.52. The highest BCUT2D eigenvalue weighted by molar-refractivity contribution is 5.80. The standard InChI is InChI=1S/C10H18N6O/c1-3-6-16(7-9(17)12-2)8-4-5-13-10(14-8)15-11/h4-5H,3,6-7,11H2,1-2H3,(H,12,17)(H,13,14,15). The van der Waals surface area contributed by atoms with E-state index in [-0.39, 0.29) is 12.5 Å². The molecule has 0 aliphatic heterocycles. The molecule has 0 aliphatic carbocycles. The Morgan fingerprint density at radius 1 is 1.59 bits per heavy atom. The van der Waals surface area contributed by atoms with Gasteiger partial charge in [0, 0.05) is 19.8 Å². The predicted molar refractivity (Wildman–Crippen MR) is 66.4 cm³/mol.